The largest absolute Gasteiger partial charge is 0.480 e. The number of guanidine groups is 1. The van der Waals surface area contributed by atoms with Crippen molar-refractivity contribution in [2.45, 2.75) is 63.2 Å². The highest BCUT2D eigenvalue weighted by molar-refractivity contribution is 5.94. The minimum Gasteiger partial charge on any atom is -0.480 e. The van der Waals surface area contributed by atoms with E-state index in [1.165, 1.54) is 6.92 Å². The van der Waals surface area contributed by atoms with Crippen LogP contribution in [0.15, 0.2) is 35.5 Å². The third-order valence-corrected chi connectivity index (χ3v) is 6.08. The Kier molecular flexibility index (Phi) is 11.9. The second kappa shape index (κ2) is 15.1. The first-order chi connectivity index (χ1) is 18.9. The number of carboxylic acids is 1. The number of rotatable bonds is 16. The van der Waals surface area contributed by atoms with Crippen molar-refractivity contribution in [2.75, 3.05) is 6.54 Å². The summed E-state index contributed by atoms with van der Waals surface area (Å²) in [5.41, 5.74) is 23.1. The molecule has 13 N–H and O–H groups in total. The summed E-state index contributed by atoms with van der Waals surface area (Å²) in [6, 6.07) is 2.65. The summed E-state index contributed by atoms with van der Waals surface area (Å²) >= 11 is 0. The van der Waals surface area contributed by atoms with Gasteiger partial charge in [-0.3, -0.25) is 24.2 Å². The lowest BCUT2D eigenvalue weighted by Gasteiger charge is -2.23. The van der Waals surface area contributed by atoms with Crippen LogP contribution in [0.2, 0.25) is 0 Å². The van der Waals surface area contributed by atoms with Gasteiger partial charge in [-0.2, -0.15) is 0 Å². The molecule has 1 aromatic heterocycles. The Bertz CT molecular complexity index is 1240. The molecule has 0 aliphatic heterocycles. The van der Waals surface area contributed by atoms with Crippen LogP contribution in [0.4, 0.5) is 0 Å². The van der Waals surface area contributed by atoms with Gasteiger partial charge in [0.05, 0.1) is 6.04 Å². The molecule has 0 spiro atoms. The van der Waals surface area contributed by atoms with Crippen LogP contribution >= 0.6 is 0 Å². The summed E-state index contributed by atoms with van der Waals surface area (Å²) in [7, 11) is 0. The van der Waals surface area contributed by atoms with Crippen LogP contribution in [-0.4, -0.2) is 76.4 Å². The maximum atomic E-state index is 13.1. The molecule has 218 valence electrons. The molecule has 0 saturated heterocycles. The third kappa shape index (κ3) is 9.90. The Hall–Kier alpha value is -4.66. The fraction of sp³-hybridized carbons (Fsp3) is 0.440. The Balaban J connectivity index is 2.03. The molecule has 1 heterocycles. The molecule has 2 rings (SSSR count). The van der Waals surface area contributed by atoms with Crippen LogP contribution in [0, 0.1) is 0 Å². The predicted octanol–water partition coefficient (Wildman–Crippen LogP) is -2.08. The number of carboxylic acid groups (broad SMARTS) is 1. The average molecular weight is 560 g/mol. The number of nitrogens with one attached hydrogen (secondary N) is 4. The van der Waals surface area contributed by atoms with Crippen molar-refractivity contribution < 1.29 is 29.1 Å². The van der Waals surface area contributed by atoms with Crippen molar-refractivity contribution >= 4 is 46.5 Å². The molecule has 0 aliphatic rings. The van der Waals surface area contributed by atoms with E-state index in [0.29, 0.717) is 12.0 Å². The number of aliphatic carboxylic acids is 1. The molecule has 0 saturated carbocycles. The fourth-order valence-corrected chi connectivity index (χ4v) is 3.88. The van der Waals surface area contributed by atoms with Gasteiger partial charge >= 0.3 is 5.97 Å². The van der Waals surface area contributed by atoms with Crippen molar-refractivity contribution in [3.05, 3.63) is 36.0 Å². The van der Waals surface area contributed by atoms with E-state index < -0.39 is 53.8 Å². The first kappa shape index (κ1) is 31.6. The molecule has 0 fully saturated rings. The SMILES string of the molecule is CC(NC(=O)C(N)CCCN=C(N)N)C(=O)NC(CCC(N)=O)C(=O)NC(Cc1c[nH]c2ccccc12)C(=O)O. The number of carbonyl (C=O) groups excluding carboxylic acids is 4. The Labute approximate surface area is 230 Å². The van der Waals surface area contributed by atoms with E-state index in [4.69, 9.17) is 22.9 Å². The third-order valence-electron chi connectivity index (χ3n) is 6.08. The number of benzene rings is 1. The number of carbonyl (C=O) groups is 5. The zero-order chi connectivity index (χ0) is 29.8. The number of hydrogen-bond acceptors (Lipinski definition) is 7. The number of H-pyrrole nitrogens is 1. The Morgan fingerprint density at radius 3 is 2.27 bits per heavy atom. The molecular weight excluding hydrogens is 522 g/mol. The summed E-state index contributed by atoms with van der Waals surface area (Å²) in [6.07, 6.45) is 1.89. The average Bonchev–Trinajstić information content (AvgIpc) is 3.30. The van der Waals surface area contributed by atoms with Gasteiger partial charge in [0.25, 0.3) is 0 Å². The van der Waals surface area contributed by atoms with Gasteiger partial charge in [-0.05, 0) is 37.8 Å². The van der Waals surface area contributed by atoms with Crippen molar-refractivity contribution in [3.8, 4) is 0 Å². The van der Waals surface area contributed by atoms with Crippen LogP contribution in [0.5, 0.6) is 0 Å². The summed E-state index contributed by atoms with van der Waals surface area (Å²) in [5, 5.41) is 17.9. The van der Waals surface area contributed by atoms with E-state index in [9.17, 15) is 29.1 Å². The van der Waals surface area contributed by atoms with Gasteiger partial charge in [0, 0.05) is 36.5 Å². The van der Waals surface area contributed by atoms with E-state index in [0.717, 1.165) is 10.9 Å². The minimum absolute atomic E-state index is 0.0326. The summed E-state index contributed by atoms with van der Waals surface area (Å²) in [5.74, 6) is -4.24. The minimum atomic E-state index is -1.33. The number of hydrogen-bond donors (Lipinski definition) is 9. The van der Waals surface area contributed by atoms with Gasteiger partial charge in [-0.15, -0.1) is 0 Å². The number of amides is 4. The highest BCUT2D eigenvalue weighted by Gasteiger charge is 2.29. The van der Waals surface area contributed by atoms with E-state index in [2.05, 4.69) is 25.9 Å². The highest BCUT2D eigenvalue weighted by Crippen LogP contribution is 2.19. The zero-order valence-corrected chi connectivity index (χ0v) is 22.2. The van der Waals surface area contributed by atoms with Crippen LogP contribution in [-0.2, 0) is 30.4 Å². The molecule has 0 aliphatic carbocycles. The number of primary amides is 1. The van der Waals surface area contributed by atoms with E-state index >= 15 is 0 Å². The van der Waals surface area contributed by atoms with Crippen molar-refractivity contribution in [1.29, 1.82) is 0 Å². The van der Waals surface area contributed by atoms with Crippen LogP contribution in [0.25, 0.3) is 10.9 Å². The Morgan fingerprint density at radius 2 is 1.62 bits per heavy atom. The van der Waals surface area contributed by atoms with Gasteiger partial charge in [0.1, 0.15) is 18.1 Å². The van der Waals surface area contributed by atoms with Gasteiger partial charge in [-0.25, -0.2) is 4.79 Å². The zero-order valence-electron chi connectivity index (χ0n) is 22.2. The number of aromatic amines is 1. The van der Waals surface area contributed by atoms with Gasteiger partial charge in [0.2, 0.25) is 23.6 Å². The number of fused-ring (bicyclic) bond motifs is 1. The molecule has 2 aromatic rings. The molecule has 1 aromatic carbocycles. The van der Waals surface area contributed by atoms with E-state index in [1.54, 1.807) is 6.20 Å². The van der Waals surface area contributed by atoms with Crippen molar-refractivity contribution in [3.63, 3.8) is 0 Å². The second-order valence-corrected chi connectivity index (χ2v) is 9.31. The summed E-state index contributed by atoms with van der Waals surface area (Å²) in [4.78, 5) is 68.4. The lowest BCUT2D eigenvalue weighted by atomic mass is 10.0. The first-order valence-corrected chi connectivity index (χ1v) is 12.7. The molecule has 4 unspecified atom stereocenters. The quantitative estimate of drug-likeness (QED) is 0.0619. The highest BCUT2D eigenvalue weighted by atomic mass is 16.4. The summed E-state index contributed by atoms with van der Waals surface area (Å²) < 4.78 is 0. The van der Waals surface area contributed by atoms with Gasteiger partial charge in [0.15, 0.2) is 5.96 Å². The van der Waals surface area contributed by atoms with Crippen molar-refractivity contribution in [1.82, 2.24) is 20.9 Å². The monoisotopic (exact) mass is 559 g/mol. The van der Waals surface area contributed by atoms with E-state index in [1.807, 2.05) is 24.3 Å². The lowest BCUT2D eigenvalue weighted by molar-refractivity contribution is -0.142. The lowest BCUT2D eigenvalue weighted by Crippen LogP contribution is -2.56. The topological polar surface area (TPSA) is 274 Å². The molecular formula is C25H37N9O6. The molecule has 15 heteroatoms. The maximum absolute atomic E-state index is 13.1. The molecule has 15 nitrogen and oxygen atoms in total. The van der Waals surface area contributed by atoms with Gasteiger partial charge < -0.3 is 49.0 Å². The predicted molar refractivity (Wildman–Crippen MR) is 147 cm³/mol. The Morgan fingerprint density at radius 1 is 0.950 bits per heavy atom. The fourth-order valence-electron chi connectivity index (χ4n) is 3.88. The van der Waals surface area contributed by atoms with Crippen molar-refractivity contribution in [2.24, 2.45) is 27.9 Å². The number of para-hydroxylation sites is 1. The number of aromatic nitrogens is 1. The van der Waals surface area contributed by atoms with Crippen LogP contribution < -0.4 is 38.9 Å². The van der Waals surface area contributed by atoms with E-state index in [-0.39, 0.29) is 38.2 Å². The molecule has 0 bridgehead atoms. The molecule has 4 atom stereocenters. The van der Waals surface area contributed by atoms with Gasteiger partial charge in [-0.1, -0.05) is 18.2 Å². The standard InChI is InChI=1S/C25H37N9O6/c1-13(32-22(37)16(26)6-4-10-30-25(28)29)21(36)33-18(8-9-20(27)35)23(38)34-19(24(39)40)11-14-12-31-17-7-3-2-5-15(14)17/h2-3,5,7,12-13,16,18-19,31H,4,6,8-11,26H2,1H3,(H2,27,35)(H,32,37)(H,33,36)(H,34,38)(H,39,40)(H4,28,29,30). The summed E-state index contributed by atoms with van der Waals surface area (Å²) in [6.45, 7) is 1.67. The normalized spacial score (nSPS) is 13.8. The molecule has 4 amide bonds. The van der Waals surface area contributed by atoms with Crippen LogP contribution in [0.1, 0.15) is 38.2 Å². The first-order valence-electron chi connectivity index (χ1n) is 12.7. The molecule has 40 heavy (non-hydrogen) atoms. The number of nitrogens with zero attached hydrogens (tertiary/aromatic N) is 1. The smallest absolute Gasteiger partial charge is 0.326 e. The number of aliphatic imine (C=N–C) groups is 1. The molecule has 0 radical (unpaired) electrons. The second-order valence-electron chi connectivity index (χ2n) is 9.31. The maximum Gasteiger partial charge on any atom is 0.326 e. The number of nitrogens with two attached hydrogens (primary N) is 4. The van der Waals surface area contributed by atoms with Crippen LogP contribution in [0.3, 0.4) is 0 Å².